The zero-order valence-electron chi connectivity index (χ0n) is 12.2. The molecule has 2 atom stereocenters. The number of hydrogen-bond donors (Lipinski definition) is 2. The average molecular weight is 342 g/mol. The number of rotatable bonds is 2. The van der Waals surface area contributed by atoms with Gasteiger partial charge in [0.25, 0.3) is 5.91 Å². The van der Waals surface area contributed by atoms with E-state index in [1.165, 1.54) is 30.0 Å². The topological polar surface area (TPSA) is 95.9 Å². The normalized spacial score (nSPS) is 22.0. The second-order valence-electron chi connectivity index (χ2n) is 5.46. The number of imide groups is 1. The summed E-state index contributed by atoms with van der Waals surface area (Å²) >= 11 is 1.35. The molecule has 0 aliphatic carbocycles. The van der Waals surface area contributed by atoms with E-state index < -0.39 is 11.3 Å². The number of nitrogens with one attached hydrogen (secondary N) is 1. The molecule has 2 heterocycles. The standard InChI is InChI=1S/C16H12N3O4S/c20-15-13-14(24-12-7-2-1-6-11(12)17-13)16(21)18(15)9-4-3-5-10(8-9)19(22)23/h1-8,13-14,17,22H/q-1. The van der Waals surface area contributed by atoms with E-state index in [0.717, 1.165) is 15.5 Å². The van der Waals surface area contributed by atoms with Gasteiger partial charge in [-0.05, 0) is 30.3 Å². The number of amides is 2. The third-order valence-electron chi connectivity index (χ3n) is 4.01. The minimum Gasteiger partial charge on any atom is -0.733 e. The highest BCUT2D eigenvalue weighted by Crippen LogP contribution is 2.42. The Bertz CT molecular complexity index is 799. The van der Waals surface area contributed by atoms with Crippen LogP contribution in [-0.4, -0.2) is 28.3 Å². The molecule has 8 heteroatoms. The Morgan fingerprint density at radius 3 is 2.71 bits per heavy atom. The molecule has 1 fully saturated rings. The molecule has 4 rings (SSSR count). The molecular formula is C16H12N3O4S-. The van der Waals surface area contributed by atoms with Gasteiger partial charge in [-0.3, -0.25) is 14.8 Å². The van der Waals surface area contributed by atoms with Crippen LogP contribution >= 0.6 is 11.8 Å². The summed E-state index contributed by atoms with van der Waals surface area (Å²) in [6.07, 6.45) is 0. The molecule has 24 heavy (non-hydrogen) atoms. The summed E-state index contributed by atoms with van der Waals surface area (Å²) in [6, 6.07) is 12.6. The van der Waals surface area contributed by atoms with Crippen molar-refractivity contribution in [1.29, 1.82) is 0 Å². The minimum absolute atomic E-state index is 0.0492. The second-order valence-corrected chi connectivity index (χ2v) is 6.64. The predicted molar refractivity (Wildman–Crippen MR) is 90.1 cm³/mol. The van der Waals surface area contributed by atoms with E-state index in [4.69, 9.17) is 5.21 Å². The molecule has 2 aromatic carbocycles. The van der Waals surface area contributed by atoms with Crippen molar-refractivity contribution in [1.82, 2.24) is 0 Å². The summed E-state index contributed by atoms with van der Waals surface area (Å²) < 4.78 is 0. The van der Waals surface area contributed by atoms with Crippen molar-refractivity contribution in [3.8, 4) is 0 Å². The molecule has 2 unspecified atom stereocenters. The molecule has 0 saturated carbocycles. The van der Waals surface area contributed by atoms with Gasteiger partial charge in [0.2, 0.25) is 5.91 Å². The van der Waals surface area contributed by atoms with E-state index in [1.54, 1.807) is 6.07 Å². The molecule has 0 spiro atoms. The molecule has 0 bridgehead atoms. The Morgan fingerprint density at radius 1 is 1.12 bits per heavy atom. The van der Waals surface area contributed by atoms with E-state index in [0.29, 0.717) is 0 Å². The number of para-hydroxylation sites is 1. The first-order chi connectivity index (χ1) is 11.6. The molecule has 1 saturated heterocycles. The molecule has 0 aromatic heterocycles. The Morgan fingerprint density at radius 2 is 1.92 bits per heavy atom. The van der Waals surface area contributed by atoms with Crippen LogP contribution in [-0.2, 0) is 9.59 Å². The van der Waals surface area contributed by atoms with Gasteiger partial charge in [-0.25, -0.2) is 4.90 Å². The van der Waals surface area contributed by atoms with Crippen LogP contribution in [0.1, 0.15) is 0 Å². The first-order valence-corrected chi connectivity index (χ1v) is 8.10. The van der Waals surface area contributed by atoms with Crippen LogP contribution in [0.4, 0.5) is 17.1 Å². The number of thioether (sulfide) groups is 1. The van der Waals surface area contributed by atoms with E-state index in [2.05, 4.69) is 5.32 Å². The minimum atomic E-state index is -0.654. The highest BCUT2D eigenvalue weighted by molar-refractivity contribution is 8.01. The van der Waals surface area contributed by atoms with Gasteiger partial charge in [-0.15, -0.1) is 11.8 Å². The molecule has 2 amide bonds. The summed E-state index contributed by atoms with van der Waals surface area (Å²) in [4.78, 5) is 27.4. The van der Waals surface area contributed by atoms with Crippen LogP contribution < -0.4 is 15.4 Å². The number of fused-ring (bicyclic) bond motifs is 2. The molecule has 2 aromatic rings. The maximum absolute atomic E-state index is 12.7. The number of anilines is 3. The summed E-state index contributed by atoms with van der Waals surface area (Å²) in [5.74, 6) is -0.718. The van der Waals surface area contributed by atoms with Crippen LogP contribution in [0.15, 0.2) is 53.4 Å². The fourth-order valence-corrected chi connectivity index (χ4v) is 4.11. The molecule has 122 valence electrons. The lowest BCUT2D eigenvalue weighted by molar-refractivity contribution is -0.121. The van der Waals surface area contributed by atoms with Crippen molar-refractivity contribution in [2.45, 2.75) is 16.2 Å². The predicted octanol–water partition coefficient (Wildman–Crippen LogP) is 2.21. The zero-order chi connectivity index (χ0) is 16.8. The molecule has 7 nitrogen and oxygen atoms in total. The first-order valence-electron chi connectivity index (χ1n) is 7.22. The zero-order valence-corrected chi connectivity index (χ0v) is 13.1. The third kappa shape index (κ3) is 2.23. The summed E-state index contributed by atoms with van der Waals surface area (Å²) in [5, 5.41) is 22.3. The fourth-order valence-electron chi connectivity index (χ4n) is 2.90. The Balaban J connectivity index is 1.70. The van der Waals surface area contributed by atoms with Gasteiger partial charge in [0, 0.05) is 10.6 Å². The summed E-state index contributed by atoms with van der Waals surface area (Å²) in [7, 11) is 0. The SMILES string of the molecule is O=C1C2Nc3ccccc3SC2C(=O)N1c1cccc(N([O-])O)c1. The molecule has 2 aliphatic rings. The van der Waals surface area contributed by atoms with Gasteiger partial charge in [0.05, 0.1) is 11.4 Å². The van der Waals surface area contributed by atoms with Gasteiger partial charge in [-0.1, -0.05) is 18.2 Å². The van der Waals surface area contributed by atoms with Gasteiger partial charge in [0.1, 0.15) is 11.3 Å². The highest BCUT2D eigenvalue weighted by atomic mass is 32.2. The molecule has 0 radical (unpaired) electrons. The van der Waals surface area contributed by atoms with Crippen molar-refractivity contribution < 1.29 is 14.8 Å². The van der Waals surface area contributed by atoms with Gasteiger partial charge in [0.15, 0.2) is 0 Å². The quantitative estimate of drug-likeness (QED) is 0.638. The fraction of sp³-hybridized carbons (Fsp3) is 0.125. The van der Waals surface area contributed by atoms with Crippen LogP contribution in [0.2, 0.25) is 0 Å². The van der Waals surface area contributed by atoms with E-state index in [9.17, 15) is 14.8 Å². The third-order valence-corrected chi connectivity index (χ3v) is 5.35. The van der Waals surface area contributed by atoms with Gasteiger partial charge < -0.3 is 15.8 Å². The lowest BCUT2D eigenvalue weighted by atomic mass is 10.2. The lowest BCUT2D eigenvalue weighted by Crippen LogP contribution is -2.37. The number of hydrogen-bond acceptors (Lipinski definition) is 7. The van der Waals surface area contributed by atoms with Crippen LogP contribution in [0.25, 0.3) is 0 Å². The van der Waals surface area contributed by atoms with Crippen molar-refractivity contribution >= 4 is 40.6 Å². The number of benzene rings is 2. The maximum Gasteiger partial charge on any atom is 0.258 e. The largest absolute Gasteiger partial charge is 0.733 e. The Labute approximate surface area is 141 Å². The second kappa shape index (κ2) is 5.52. The van der Waals surface area contributed by atoms with Crippen molar-refractivity contribution in [3.05, 3.63) is 53.7 Å². The molecular weight excluding hydrogens is 330 g/mol. The molecule has 2 N–H and O–H groups in total. The van der Waals surface area contributed by atoms with Crippen molar-refractivity contribution in [2.24, 2.45) is 0 Å². The first kappa shape index (κ1) is 15.0. The van der Waals surface area contributed by atoms with Gasteiger partial charge in [-0.2, -0.15) is 0 Å². The van der Waals surface area contributed by atoms with E-state index in [-0.39, 0.29) is 28.4 Å². The average Bonchev–Trinajstić information content (AvgIpc) is 2.84. The van der Waals surface area contributed by atoms with Crippen LogP contribution in [0.5, 0.6) is 0 Å². The number of carbonyl (C=O) groups is 2. The summed E-state index contributed by atoms with van der Waals surface area (Å²) in [6.45, 7) is 0. The van der Waals surface area contributed by atoms with Crippen molar-refractivity contribution in [2.75, 3.05) is 15.4 Å². The Kier molecular flexibility index (Phi) is 3.45. The number of nitrogens with zero attached hydrogens (tertiary/aromatic N) is 2. The van der Waals surface area contributed by atoms with Crippen LogP contribution in [0.3, 0.4) is 0 Å². The van der Waals surface area contributed by atoms with Crippen molar-refractivity contribution in [3.63, 3.8) is 0 Å². The number of carbonyl (C=O) groups excluding carboxylic acids is 2. The van der Waals surface area contributed by atoms with Crippen LogP contribution in [0, 0.1) is 5.21 Å². The van der Waals surface area contributed by atoms with E-state index in [1.807, 2.05) is 24.3 Å². The summed E-state index contributed by atoms with van der Waals surface area (Å²) in [5.41, 5.74) is 1.03. The monoisotopic (exact) mass is 342 g/mol. The Hall–Kier alpha value is -2.55. The van der Waals surface area contributed by atoms with E-state index >= 15 is 0 Å². The maximum atomic E-state index is 12.7. The highest BCUT2D eigenvalue weighted by Gasteiger charge is 2.51. The lowest BCUT2D eigenvalue weighted by Gasteiger charge is -2.25. The smallest absolute Gasteiger partial charge is 0.258 e. The van der Waals surface area contributed by atoms with Gasteiger partial charge >= 0.3 is 0 Å². The molecule has 2 aliphatic heterocycles.